The van der Waals surface area contributed by atoms with E-state index in [1.165, 1.54) is 0 Å². The molecule has 0 bridgehead atoms. The largest absolute Gasteiger partial charge is 0.328 e. The van der Waals surface area contributed by atoms with E-state index in [1.807, 2.05) is 54.6 Å². The quantitative estimate of drug-likeness (QED) is 0.849. The Hall–Kier alpha value is -2.95. The van der Waals surface area contributed by atoms with Gasteiger partial charge in [0.1, 0.15) is 5.92 Å². The smallest absolute Gasteiger partial charge is 0.277 e. The maximum atomic E-state index is 11.7. The fraction of sp³-hybridized carbons (Fsp3) is 0.118. The molecule has 0 aromatic heterocycles. The maximum Gasteiger partial charge on any atom is 0.328 e. The number of nitrogens with one attached hydrogen (secondary N) is 2. The Morgan fingerprint density at radius 1 is 0.727 bits per heavy atom. The average molecular weight is 294 g/mol. The van der Waals surface area contributed by atoms with Crippen LogP contribution < -0.4 is 10.6 Å². The lowest BCUT2D eigenvalue weighted by Gasteiger charge is -2.20. The molecule has 1 aliphatic heterocycles. The summed E-state index contributed by atoms with van der Waals surface area (Å²) >= 11 is 0. The van der Waals surface area contributed by atoms with Crippen molar-refractivity contribution in [2.24, 2.45) is 5.92 Å². The summed E-state index contributed by atoms with van der Waals surface area (Å²) < 4.78 is 0. The molecule has 110 valence electrons. The summed E-state index contributed by atoms with van der Waals surface area (Å²) in [6.45, 7) is 0. The molecule has 2 aromatic rings. The normalized spacial score (nSPS) is 15.4. The van der Waals surface area contributed by atoms with E-state index in [4.69, 9.17) is 0 Å². The van der Waals surface area contributed by atoms with Crippen LogP contribution >= 0.6 is 0 Å². The number of benzene rings is 2. The number of urea groups is 1. The molecule has 5 nitrogen and oxygen atoms in total. The highest BCUT2D eigenvalue weighted by Crippen LogP contribution is 2.20. The minimum atomic E-state index is -0.875. The molecule has 0 aliphatic carbocycles. The van der Waals surface area contributed by atoms with Gasteiger partial charge in [0.15, 0.2) is 0 Å². The van der Waals surface area contributed by atoms with Gasteiger partial charge in [0.25, 0.3) is 0 Å². The third-order valence-electron chi connectivity index (χ3n) is 3.61. The Morgan fingerprint density at radius 2 is 1.27 bits per heavy atom. The van der Waals surface area contributed by atoms with E-state index in [-0.39, 0.29) is 6.42 Å². The van der Waals surface area contributed by atoms with Gasteiger partial charge in [0, 0.05) is 0 Å². The van der Waals surface area contributed by atoms with Gasteiger partial charge < -0.3 is 0 Å². The zero-order chi connectivity index (χ0) is 15.5. The molecule has 0 spiro atoms. The molecule has 2 aromatic carbocycles. The zero-order valence-electron chi connectivity index (χ0n) is 11.7. The second kappa shape index (κ2) is 5.81. The lowest BCUT2D eigenvalue weighted by Crippen LogP contribution is -2.56. The molecule has 1 aliphatic rings. The number of hydrogen-bond donors (Lipinski definition) is 2. The molecule has 3 rings (SSSR count). The van der Waals surface area contributed by atoms with Gasteiger partial charge >= 0.3 is 6.03 Å². The molecule has 1 saturated heterocycles. The first kappa shape index (κ1) is 14.0. The van der Waals surface area contributed by atoms with E-state index in [1.54, 1.807) is 0 Å². The molecule has 0 radical (unpaired) electrons. The second-order valence-corrected chi connectivity index (χ2v) is 5.13. The summed E-state index contributed by atoms with van der Waals surface area (Å²) in [7, 11) is 0. The monoisotopic (exact) mass is 294 g/mol. The van der Waals surface area contributed by atoms with Gasteiger partial charge in [-0.25, -0.2) is 4.79 Å². The predicted molar refractivity (Wildman–Crippen MR) is 80.8 cm³/mol. The van der Waals surface area contributed by atoms with Crippen LogP contribution in [0, 0.1) is 5.92 Å². The Labute approximate surface area is 127 Å². The van der Waals surface area contributed by atoms with Gasteiger partial charge in [-0.3, -0.25) is 20.2 Å². The Morgan fingerprint density at radius 3 is 1.86 bits per heavy atom. The molecule has 0 saturated carbocycles. The summed E-state index contributed by atoms with van der Waals surface area (Å²) in [6.07, 6.45) is 0.264. The van der Waals surface area contributed by atoms with Crippen molar-refractivity contribution in [2.45, 2.75) is 6.42 Å². The second-order valence-electron chi connectivity index (χ2n) is 5.13. The number of carbonyl (C=O) groups is 3. The summed E-state index contributed by atoms with van der Waals surface area (Å²) in [5.41, 5.74) is 3.04. The van der Waals surface area contributed by atoms with Crippen LogP contribution in [0.1, 0.15) is 5.56 Å². The Bertz CT molecular complexity index is 703. The number of rotatable bonds is 3. The minimum absolute atomic E-state index is 0.264. The highest BCUT2D eigenvalue weighted by molar-refractivity contribution is 6.16. The number of barbiturate groups is 1. The van der Waals surface area contributed by atoms with Gasteiger partial charge in [0.2, 0.25) is 11.8 Å². The van der Waals surface area contributed by atoms with Crippen molar-refractivity contribution in [1.82, 2.24) is 10.6 Å². The fourth-order valence-electron chi connectivity index (χ4n) is 2.43. The van der Waals surface area contributed by atoms with E-state index in [0.717, 1.165) is 16.7 Å². The van der Waals surface area contributed by atoms with Crippen LogP contribution in [-0.2, 0) is 16.0 Å². The Kier molecular flexibility index (Phi) is 3.70. The highest BCUT2D eigenvalue weighted by Gasteiger charge is 2.33. The molecular weight excluding hydrogens is 280 g/mol. The van der Waals surface area contributed by atoms with Gasteiger partial charge in [-0.1, -0.05) is 54.6 Å². The molecule has 22 heavy (non-hydrogen) atoms. The van der Waals surface area contributed by atoms with Gasteiger partial charge in [-0.05, 0) is 23.1 Å². The minimum Gasteiger partial charge on any atom is -0.277 e. The van der Waals surface area contributed by atoms with E-state index in [9.17, 15) is 14.4 Å². The molecule has 2 N–H and O–H groups in total. The van der Waals surface area contributed by atoms with Crippen molar-refractivity contribution < 1.29 is 14.4 Å². The van der Waals surface area contributed by atoms with E-state index < -0.39 is 23.8 Å². The van der Waals surface area contributed by atoms with Crippen LogP contribution in [0.25, 0.3) is 11.1 Å². The number of imide groups is 2. The SMILES string of the molecule is O=C1NC(=O)C(Cc2ccc(-c3ccccc3)cc2)C(=O)N1. The first-order chi connectivity index (χ1) is 10.6. The van der Waals surface area contributed by atoms with E-state index in [0.29, 0.717) is 0 Å². The summed E-state index contributed by atoms with van der Waals surface area (Å²) in [5.74, 6) is -1.98. The molecule has 0 atom stereocenters. The fourth-order valence-corrected chi connectivity index (χ4v) is 2.43. The molecular formula is C17H14N2O3. The first-order valence-electron chi connectivity index (χ1n) is 6.93. The molecule has 0 unspecified atom stereocenters. The predicted octanol–water partition coefficient (Wildman–Crippen LogP) is 1.88. The van der Waals surface area contributed by atoms with E-state index in [2.05, 4.69) is 10.6 Å². The van der Waals surface area contributed by atoms with Gasteiger partial charge in [-0.15, -0.1) is 0 Å². The first-order valence-corrected chi connectivity index (χ1v) is 6.93. The maximum absolute atomic E-state index is 11.7. The summed E-state index contributed by atoms with van der Waals surface area (Å²) in [6, 6.07) is 16.9. The zero-order valence-corrected chi connectivity index (χ0v) is 11.7. The number of hydrogen-bond acceptors (Lipinski definition) is 3. The van der Waals surface area contributed by atoms with Crippen LogP contribution in [0.3, 0.4) is 0 Å². The van der Waals surface area contributed by atoms with Crippen molar-refractivity contribution in [2.75, 3.05) is 0 Å². The van der Waals surface area contributed by atoms with Crippen molar-refractivity contribution in [3.05, 3.63) is 60.2 Å². The highest BCUT2D eigenvalue weighted by atomic mass is 16.2. The topological polar surface area (TPSA) is 75.3 Å². The van der Waals surface area contributed by atoms with Gasteiger partial charge in [0.05, 0.1) is 0 Å². The molecule has 1 fully saturated rings. The lowest BCUT2D eigenvalue weighted by atomic mass is 9.95. The van der Waals surface area contributed by atoms with Crippen LogP contribution in [0.5, 0.6) is 0 Å². The van der Waals surface area contributed by atoms with Crippen LogP contribution in [0.15, 0.2) is 54.6 Å². The van der Waals surface area contributed by atoms with Gasteiger partial charge in [-0.2, -0.15) is 0 Å². The van der Waals surface area contributed by atoms with Crippen LogP contribution in [0.4, 0.5) is 4.79 Å². The third kappa shape index (κ3) is 2.88. The average Bonchev–Trinajstić information content (AvgIpc) is 2.52. The third-order valence-corrected chi connectivity index (χ3v) is 3.61. The standard InChI is InChI=1S/C17H14N2O3/c20-15-14(16(21)19-17(22)18-15)10-11-6-8-13(9-7-11)12-4-2-1-3-5-12/h1-9,14H,10H2,(H2,18,19,20,21,22). The number of amides is 4. The van der Waals surface area contributed by atoms with E-state index >= 15 is 0 Å². The Balaban J connectivity index is 1.75. The summed E-state index contributed by atoms with van der Waals surface area (Å²) in [5, 5.41) is 4.21. The van der Waals surface area contributed by atoms with Crippen LogP contribution in [-0.4, -0.2) is 17.8 Å². The molecule has 1 heterocycles. The van der Waals surface area contributed by atoms with Crippen molar-refractivity contribution in [1.29, 1.82) is 0 Å². The van der Waals surface area contributed by atoms with Crippen molar-refractivity contribution in [3.8, 4) is 11.1 Å². The van der Waals surface area contributed by atoms with Crippen LogP contribution in [0.2, 0.25) is 0 Å². The molecule has 4 amide bonds. The van der Waals surface area contributed by atoms with Crippen molar-refractivity contribution in [3.63, 3.8) is 0 Å². The van der Waals surface area contributed by atoms with Crippen molar-refractivity contribution >= 4 is 17.8 Å². The summed E-state index contributed by atoms with van der Waals surface area (Å²) in [4.78, 5) is 34.4. The molecule has 5 heteroatoms. The lowest BCUT2D eigenvalue weighted by molar-refractivity contribution is -0.135. The number of carbonyl (C=O) groups excluding carboxylic acids is 3.